The number of aliphatic hydroxyl groups excluding tert-OH is 1. The fourth-order valence-corrected chi connectivity index (χ4v) is 9.10. The fraction of sp³-hybridized carbons (Fsp3) is 0.821. The largest absolute Gasteiger partial charge is 0.462 e. The van der Waals surface area contributed by atoms with Crippen molar-refractivity contribution in [2.75, 3.05) is 6.61 Å². The number of hydrogen-bond donors (Lipinski definition) is 2. The Labute approximate surface area is 212 Å². The van der Waals surface area contributed by atoms with Crippen LogP contribution in [0.5, 0.6) is 0 Å². The Bertz CT molecular complexity index is 988. The molecule has 36 heavy (non-hydrogen) atoms. The molecule has 8 nitrogen and oxygen atoms in total. The number of unbranched alkanes of at least 4 members (excludes halogenated alkanes) is 2. The molecule has 2 spiro atoms. The minimum Gasteiger partial charge on any atom is -0.462 e. The van der Waals surface area contributed by atoms with E-state index in [1.807, 2.05) is 6.92 Å². The maximum atomic E-state index is 14.1. The third-order valence-corrected chi connectivity index (χ3v) is 10.4. The molecule has 2 heterocycles. The van der Waals surface area contributed by atoms with E-state index in [0.717, 1.165) is 12.8 Å². The zero-order valence-corrected chi connectivity index (χ0v) is 21.9. The summed E-state index contributed by atoms with van der Waals surface area (Å²) in [5, 5.41) is 24.1. The van der Waals surface area contributed by atoms with E-state index in [1.54, 1.807) is 0 Å². The second kappa shape index (κ2) is 8.37. The highest BCUT2D eigenvalue weighted by Crippen LogP contribution is 2.77. The number of hydrogen-bond acceptors (Lipinski definition) is 8. The lowest BCUT2D eigenvalue weighted by molar-refractivity contribution is -0.458. The molecule has 2 aliphatic heterocycles. The average molecular weight is 505 g/mol. The number of carbonyl (C=O) groups excluding carboxylic acids is 3. The van der Waals surface area contributed by atoms with Crippen LogP contribution in [0.25, 0.3) is 0 Å². The molecule has 2 saturated heterocycles. The molecule has 4 saturated carbocycles. The summed E-state index contributed by atoms with van der Waals surface area (Å²) < 4.78 is 18.1. The minimum atomic E-state index is -2.23. The molecule has 4 bridgehead atoms. The SMILES string of the molecule is C=C1C(=O)[C@@]23C(CC[C@@H]1[C@H]2OC(=O)CCCCC)[C@@]12CO[C@@]3(O)[C@@H](O)[C@@H]1C(C)(C)CC[C@@H]2OC(C)=O. The van der Waals surface area contributed by atoms with Gasteiger partial charge in [0.25, 0.3) is 0 Å². The number of esters is 2. The van der Waals surface area contributed by atoms with Crippen molar-refractivity contribution in [3.63, 3.8) is 0 Å². The standard InChI is InChI=1S/C28H40O8/c1-6-7-8-9-20(30)36-24-17-10-11-18-26-14-34-28(33,27(18,24)22(31)15(17)2)23(32)21(26)25(4,5)13-12-19(26)35-16(3)29/h17-19,21,23-24,32-33H,2,6-14H2,1,3-5H3/t17-,18?,19-,21+,23-,24+,26+,27-,28-/m0/s1. The van der Waals surface area contributed by atoms with Crippen molar-refractivity contribution in [3.8, 4) is 0 Å². The summed E-state index contributed by atoms with van der Waals surface area (Å²) in [5.74, 6) is -4.91. The normalized spacial score (nSPS) is 46.2. The molecule has 9 atom stereocenters. The van der Waals surface area contributed by atoms with Crippen molar-refractivity contribution in [3.05, 3.63) is 12.2 Å². The van der Waals surface area contributed by atoms with Crippen molar-refractivity contribution in [2.24, 2.45) is 34.0 Å². The lowest BCUT2D eigenvalue weighted by Gasteiger charge is -2.74. The van der Waals surface area contributed by atoms with E-state index in [2.05, 4.69) is 20.4 Å². The van der Waals surface area contributed by atoms with Gasteiger partial charge in [-0.15, -0.1) is 0 Å². The van der Waals surface area contributed by atoms with Crippen molar-refractivity contribution >= 4 is 17.7 Å². The summed E-state index contributed by atoms with van der Waals surface area (Å²) in [6, 6.07) is 0. The van der Waals surface area contributed by atoms with Gasteiger partial charge in [0.15, 0.2) is 5.78 Å². The minimum absolute atomic E-state index is 0.0562. The first kappa shape index (κ1) is 25.9. The molecule has 0 aromatic rings. The molecule has 6 rings (SSSR count). The van der Waals surface area contributed by atoms with Crippen LogP contribution in [0, 0.1) is 34.0 Å². The van der Waals surface area contributed by atoms with Crippen LogP contribution in [0.1, 0.15) is 79.1 Å². The first-order valence-corrected chi connectivity index (χ1v) is 13.5. The van der Waals surface area contributed by atoms with Crippen LogP contribution in [0.3, 0.4) is 0 Å². The molecule has 6 aliphatic rings. The Balaban J connectivity index is 1.66. The number of fused-ring (bicyclic) bond motifs is 2. The van der Waals surface area contributed by atoms with E-state index in [0.29, 0.717) is 37.7 Å². The van der Waals surface area contributed by atoms with Crippen LogP contribution in [-0.4, -0.2) is 58.6 Å². The molecule has 6 fully saturated rings. The average Bonchev–Trinajstić information content (AvgIpc) is 2.92. The first-order chi connectivity index (χ1) is 16.9. The van der Waals surface area contributed by atoms with Crippen LogP contribution in [0.2, 0.25) is 0 Å². The molecular weight excluding hydrogens is 464 g/mol. The highest BCUT2D eigenvalue weighted by atomic mass is 16.7. The number of Topliss-reactive ketones (excluding diaryl/α,β-unsaturated/α-hetero) is 1. The van der Waals surface area contributed by atoms with Gasteiger partial charge >= 0.3 is 11.9 Å². The Morgan fingerprint density at radius 2 is 1.89 bits per heavy atom. The molecule has 0 amide bonds. The zero-order valence-electron chi connectivity index (χ0n) is 21.9. The quantitative estimate of drug-likeness (QED) is 0.322. The smallest absolute Gasteiger partial charge is 0.306 e. The maximum Gasteiger partial charge on any atom is 0.306 e. The van der Waals surface area contributed by atoms with Gasteiger partial charge < -0.3 is 24.4 Å². The fourth-order valence-electron chi connectivity index (χ4n) is 9.10. The highest BCUT2D eigenvalue weighted by Gasteiger charge is 2.88. The summed E-state index contributed by atoms with van der Waals surface area (Å²) in [6.07, 6.45) is 2.11. The van der Waals surface area contributed by atoms with Crippen molar-refractivity contribution in [2.45, 2.75) is 103 Å². The van der Waals surface area contributed by atoms with Gasteiger partial charge in [-0.3, -0.25) is 14.4 Å². The van der Waals surface area contributed by atoms with E-state index in [1.165, 1.54) is 6.92 Å². The zero-order chi connectivity index (χ0) is 26.3. The number of ketones is 1. The summed E-state index contributed by atoms with van der Waals surface area (Å²) >= 11 is 0. The van der Waals surface area contributed by atoms with E-state index in [4.69, 9.17) is 14.2 Å². The topological polar surface area (TPSA) is 119 Å². The Kier molecular flexibility index (Phi) is 6.01. The predicted octanol–water partition coefficient (Wildman–Crippen LogP) is 3.08. The summed E-state index contributed by atoms with van der Waals surface area (Å²) in [6.45, 7) is 11.6. The van der Waals surface area contributed by atoms with Crippen molar-refractivity contribution in [1.29, 1.82) is 0 Å². The van der Waals surface area contributed by atoms with E-state index >= 15 is 0 Å². The summed E-state index contributed by atoms with van der Waals surface area (Å²) in [7, 11) is 0. The first-order valence-electron chi connectivity index (χ1n) is 13.5. The molecule has 4 aliphatic carbocycles. The number of carbonyl (C=O) groups is 3. The number of aliphatic hydroxyl groups is 2. The van der Waals surface area contributed by atoms with Crippen LogP contribution in [0.15, 0.2) is 12.2 Å². The van der Waals surface area contributed by atoms with Crippen LogP contribution < -0.4 is 0 Å². The van der Waals surface area contributed by atoms with Gasteiger partial charge in [0.2, 0.25) is 5.79 Å². The highest BCUT2D eigenvalue weighted by molar-refractivity contribution is 6.05. The van der Waals surface area contributed by atoms with E-state index in [-0.39, 0.29) is 13.0 Å². The van der Waals surface area contributed by atoms with Gasteiger partial charge in [-0.25, -0.2) is 0 Å². The van der Waals surface area contributed by atoms with Gasteiger partial charge in [0, 0.05) is 30.6 Å². The third-order valence-electron chi connectivity index (χ3n) is 10.4. The van der Waals surface area contributed by atoms with Gasteiger partial charge in [-0.2, -0.15) is 0 Å². The second-order valence-electron chi connectivity index (χ2n) is 12.5. The molecule has 2 N–H and O–H groups in total. The van der Waals surface area contributed by atoms with Crippen LogP contribution in [-0.2, 0) is 28.6 Å². The monoisotopic (exact) mass is 504 g/mol. The van der Waals surface area contributed by atoms with Gasteiger partial charge in [-0.05, 0) is 49.0 Å². The lowest BCUT2D eigenvalue weighted by Crippen LogP contribution is -2.86. The Morgan fingerprint density at radius 1 is 1.17 bits per heavy atom. The Morgan fingerprint density at radius 3 is 2.56 bits per heavy atom. The Hall–Kier alpha value is -1.77. The van der Waals surface area contributed by atoms with Crippen LogP contribution >= 0.6 is 0 Å². The molecular formula is C28H40O8. The molecule has 0 radical (unpaired) electrons. The van der Waals surface area contributed by atoms with Gasteiger partial charge in [0.1, 0.15) is 23.7 Å². The number of rotatable bonds is 6. The lowest BCUT2D eigenvalue weighted by atomic mass is 9.35. The third kappa shape index (κ3) is 3.01. The summed E-state index contributed by atoms with van der Waals surface area (Å²) in [5.41, 5.74) is -2.69. The van der Waals surface area contributed by atoms with E-state index < -0.39 is 75.8 Å². The summed E-state index contributed by atoms with van der Waals surface area (Å²) in [4.78, 5) is 39.3. The number of ether oxygens (including phenoxy) is 3. The molecule has 200 valence electrons. The van der Waals surface area contributed by atoms with Crippen molar-refractivity contribution < 1.29 is 38.8 Å². The van der Waals surface area contributed by atoms with E-state index in [9.17, 15) is 24.6 Å². The molecule has 0 aromatic heterocycles. The maximum absolute atomic E-state index is 14.1. The van der Waals surface area contributed by atoms with Crippen LogP contribution in [0.4, 0.5) is 0 Å². The second-order valence-corrected chi connectivity index (χ2v) is 12.5. The molecule has 8 heteroatoms. The van der Waals surface area contributed by atoms with Gasteiger partial charge in [0.05, 0.1) is 6.61 Å². The van der Waals surface area contributed by atoms with Crippen molar-refractivity contribution in [1.82, 2.24) is 0 Å². The molecule has 1 unspecified atom stereocenters. The predicted molar refractivity (Wildman–Crippen MR) is 128 cm³/mol. The molecule has 0 aromatic carbocycles. The van der Waals surface area contributed by atoms with Gasteiger partial charge in [-0.1, -0.05) is 40.2 Å².